The number of aryl methyl sites for hydroxylation is 1. The third kappa shape index (κ3) is 3.90. The smallest absolute Gasteiger partial charge is 0.263 e. The summed E-state index contributed by atoms with van der Waals surface area (Å²) in [5.41, 5.74) is 2.24. The molecule has 0 spiro atoms. The van der Waals surface area contributed by atoms with Crippen molar-refractivity contribution in [3.63, 3.8) is 0 Å². The first-order chi connectivity index (χ1) is 12.1. The van der Waals surface area contributed by atoms with Crippen LogP contribution in [0.5, 0.6) is 5.75 Å². The third-order valence-electron chi connectivity index (χ3n) is 4.63. The SMILES string of the molecule is Cc1cccc(O[C@@H](C)C(=O)N2CCN(c3ncccn3)CC2)c1C. The molecule has 0 aliphatic carbocycles. The van der Waals surface area contributed by atoms with Gasteiger partial charge in [-0.1, -0.05) is 12.1 Å². The number of hydrogen-bond acceptors (Lipinski definition) is 5. The largest absolute Gasteiger partial charge is 0.481 e. The maximum atomic E-state index is 12.7. The van der Waals surface area contributed by atoms with Crippen LogP contribution in [0.25, 0.3) is 0 Å². The predicted octanol–water partition coefficient (Wildman–Crippen LogP) is 2.21. The van der Waals surface area contributed by atoms with Crippen LogP contribution in [0.4, 0.5) is 5.95 Å². The summed E-state index contributed by atoms with van der Waals surface area (Å²) in [5.74, 6) is 1.51. The summed E-state index contributed by atoms with van der Waals surface area (Å²) in [6.07, 6.45) is 2.97. The Labute approximate surface area is 148 Å². The molecule has 3 rings (SSSR count). The van der Waals surface area contributed by atoms with Crippen molar-refractivity contribution in [3.8, 4) is 5.75 Å². The molecule has 6 heteroatoms. The van der Waals surface area contributed by atoms with Gasteiger partial charge < -0.3 is 14.5 Å². The molecule has 1 aromatic carbocycles. The molecule has 25 heavy (non-hydrogen) atoms. The predicted molar refractivity (Wildman–Crippen MR) is 96.8 cm³/mol. The summed E-state index contributed by atoms with van der Waals surface area (Å²) in [4.78, 5) is 25.2. The Morgan fingerprint density at radius 1 is 1.08 bits per heavy atom. The fourth-order valence-corrected chi connectivity index (χ4v) is 2.93. The summed E-state index contributed by atoms with van der Waals surface area (Å²) in [5, 5.41) is 0. The Bertz CT molecular complexity index is 727. The molecule has 132 valence electrons. The van der Waals surface area contributed by atoms with Gasteiger partial charge in [0, 0.05) is 38.6 Å². The summed E-state index contributed by atoms with van der Waals surface area (Å²) < 4.78 is 5.92. The van der Waals surface area contributed by atoms with E-state index in [1.807, 2.05) is 43.9 Å². The maximum Gasteiger partial charge on any atom is 0.263 e. The van der Waals surface area contributed by atoms with Gasteiger partial charge in [0.1, 0.15) is 5.75 Å². The highest BCUT2D eigenvalue weighted by molar-refractivity contribution is 5.81. The van der Waals surface area contributed by atoms with Crippen molar-refractivity contribution in [1.82, 2.24) is 14.9 Å². The lowest BCUT2D eigenvalue weighted by atomic mass is 10.1. The molecule has 0 N–H and O–H groups in total. The molecule has 1 aromatic heterocycles. The molecule has 6 nitrogen and oxygen atoms in total. The van der Waals surface area contributed by atoms with E-state index >= 15 is 0 Å². The lowest BCUT2D eigenvalue weighted by Gasteiger charge is -2.35. The number of piperazine rings is 1. The van der Waals surface area contributed by atoms with E-state index < -0.39 is 6.10 Å². The molecule has 1 aliphatic rings. The van der Waals surface area contributed by atoms with E-state index in [0.717, 1.165) is 30.0 Å². The number of ether oxygens (including phenoxy) is 1. The van der Waals surface area contributed by atoms with Crippen molar-refractivity contribution in [1.29, 1.82) is 0 Å². The molecule has 2 aromatic rings. The number of anilines is 1. The maximum absolute atomic E-state index is 12.7. The van der Waals surface area contributed by atoms with Crippen LogP contribution in [-0.4, -0.2) is 53.1 Å². The van der Waals surface area contributed by atoms with E-state index in [4.69, 9.17) is 4.74 Å². The van der Waals surface area contributed by atoms with Gasteiger partial charge in [0.2, 0.25) is 5.95 Å². The molecule has 1 atom stereocenters. The van der Waals surface area contributed by atoms with Gasteiger partial charge in [0.15, 0.2) is 6.10 Å². The lowest BCUT2D eigenvalue weighted by Crippen LogP contribution is -2.52. The molecule has 0 bridgehead atoms. The zero-order chi connectivity index (χ0) is 17.8. The number of rotatable bonds is 4. The van der Waals surface area contributed by atoms with Crippen LogP contribution in [-0.2, 0) is 4.79 Å². The molecule has 1 aliphatic heterocycles. The lowest BCUT2D eigenvalue weighted by molar-refractivity contribution is -0.138. The Balaban J connectivity index is 1.58. The molecular weight excluding hydrogens is 316 g/mol. The van der Waals surface area contributed by atoms with E-state index in [1.54, 1.807) is 18.5 Å². The Morgan fingerprint density at radius 3 is 2.44 bits per heavy atom. The van der Waals surface area contributed by atoms with Gasteiger partial charge in [-0.25, -0.2) is 9.97 Å². The zero-order valence-electron chi connectivity index (χ0n) is 15.0. The second-order valence-electron chi connectivity index (χ2n) is 6.32. The summed E-state index contributed by atoms with van der Waals surface area (Å²) in [7, 11) is 0. The van der Waals surface area contributed by atoms with Crippen molar-refractivity contribution >= 4 is 11.9 Å². The average molecular weight is 340 g/mol. The van der Waals surface area contributed by atoms with Crippen LogP contribution in [0.15, 0.2) is 36.7 Å². The molecule has 1 amide bonds. The first kappa shape index (κ1) is 17.2. The second-order valence-corrected chi connectivity index (χ2v) is 6.32. The Hall–Kier alpha value is -2.63. The van der Waals surface area contributed by atoms with E-state index in [9.17, 15) is 4.79 Å². The Kier molecular flexibility index (Phi) is 5.16. The van der Waals surface area contributed by atoms with E-state index in [0.29, 0.717) is 19.0 Å². The zero-order valence-corrected chi connectivity index (χ0v) is 15.0. The van der Waals surface area contributed by atoms with Crippen molar-refractivity contribution in [3.05, 3.63) is 47.8 Å². The number of nitrogens with zero attached hydrogens (tertiary/aromatic N) is 4. The fraction of sp³-hybridized carbons (Fsp3) is 0.421. The summed E-state index contributed by atoms with van der Waals surface area (Å²) >= 11 is 0. The molecule has 1 fully saturated rings. The van der Waals surface area contributed by atoms with E-state index in [1.165, 1.54) is 0 Å². The van der Waals surface area contributed by atoms with Crippen LogP contribution in [0, 0.1) is 13.8 Å². The highest BCUT2D eigenvalue weighted by Crippen LogP contribution is 2.22. The first-order valence-electron chi connectivity index (χ1n) is 8.60. The molecule has 0 radical (unpaired) electrons. The number of carbonyl (C=O) groups is 1. The van der Waals surface area contributed by atoms with Crippen molar-refractivity contribution in [2.75, 3.05) is 31.1 Å². The topological polar surface area (TPSA) is 58.6 Å². The van der Waals surface area contributed by atoms with Gasteiger partial charge in [-0.05, 0) is 44.0 Å². The third-order valence-corrected chi connectivity index (χ3v) is 4.63. The summed E-state index contributed by atoms with van der Waals surface area (Å²) in [6, 6.07) is 7.71. The number of hydrogen-bond donors (Lipinski definition) is 0. The number of amides is 1. The van der Waals surface area contributed by atoms with E-state index in [-0.39, 0.29) is 5.91 Å². The highest BCUT2D eigenvalue weighted by Gasteiger charge is 2.27. The van der Waals surface area contributed by atoms with Crippen LogP contribution in [0.3, 0.4) is 0 Å². The Morgan fingerprint density at radius 2 is 1.76 bits per heavy atom. The van der Waals surface area contributed by atoms with Gasteiger partial charge in [-0.2, -0.15) is 0 Å². The fourth-order valence-electron chi connectivity index (χ4n) is 2.93. The minimum Gasteiger partial charge on any atom is -0.481 e. The normalized spacial score (nSPS) is 15.8. The first-order valence-corrected chi connectivity index (χ1v) is 8.60. The van der Waals surface area contributed by atoms with Crippen molar-refractivity contribution in [2.24, 2.45) is 0 Å². The minimum atomic E-state index is -0.500. The van der Waals surface area contributed by atoms with Crippen molar-refractivity contribution < 1.29 is 9.53 Å². The quantitative estimate of drug-likeness (QED) is 0.854. The standard InChI is InChI=1S/C19H24N4O2/c1-14-6-4-7-17(15(14)2)25-16(3)18(24)22-10-12-23(13-11-22)19-20-8-5-9-21-19/h4-9,16H,10-13H2,1-3H3/t16-/m0/s1. The molecule has 1 saturated heterocycles. The van der Waals surface area contributed by atoms with Gasteiger partial charge in [0.05, 0.1) is 0 Å². The van der Waals surface area contributed by atoms with Crippen molar-refractivity contribution in [2.45, 2.75) is 26.9 Å². The molecule has 2 heterocycles. The number of benzene rings is 1. The number of carbonyl (C=O) groups excluding carboxylic acids is 1. The van der Waals surface area contributed by atoms with E-state index in [2.05, 4.69) is 14.9 Å². The van der Waals surface area contributed by atoms with Crippen LogP contribution in [0.1, 0.15) is 18.1 Å². The molecule has 0 unspecified atom stereocenters. The second kappa shape index (κ2) is 7.51. The van der Waals surface area contributed by atoms with Gasteiger partial charge >= 0.3 is 0 Å². The number of aromatic nitrogens is 2. The van der Waals surface area contributed by atoms with Crippen LogP contribution in [0.2, 0.25) is 0 Å². The molecule has 0 saturated carbocycles. The van der Waals surface area contributed by atoms with Crippen LogP contribution >= 0.6 is 0 Å². The molecular formula is C19H24N4O2. The average Bonchev–Trinajstić information content (AvgIpc) is 2.65. The minimum absolute atomic E-state index is 0.0227. The van der Waals surface area contributed by atoms with Crippen LogP contribution < -0.4 is 9.64 Å². The van der Waals surface area contributed by atoms with Gasteiger partial charge in [-0.15, -0.1) is 0 Å². The summed E-state index contributed by atoms with van der Waals surface area (Å²) in [6.45, 7) is 8.63. The monoisotopic (exact) mass is 340 g/mol. The highest BCUT2D eigenvalue weighted by atomic mass is 16.5. The van der Waals surface area contributed by atoms with Gasteiger partial charge in [0.25, 0.3) is 5.91 Å². The van der Waals surface area contributed by atoms with Gasteiger partial charge in [-0.3, -0.25) is 4.79 Å².